The van der Waals surface area contributed by atoms with Crippen molar-refractivity contribution in [2.24, 2.45) is 0 Å². The molecule has 16 heavy (non-hydrogen) atoms. The molecule has 7 heteroatoms. The fourth-order valence-electron chi connectivity index (χ4n) is 0.772. The molecule has 0 amide bonds. The molecule has 0 saturated carbocycles. The van der Waals surface area contributed by atoms with Crippen LogP contribution in [0, 0.1) is 10.1 Å². The molecule has 3 nitrogen and oxygen atoms in total. The summed E-state index contributed by atoms with van der Waals surface area (Å²) in [5, 5.41) is 10.3. The predicted octanol–water partition coefficient (Wildman–Crippen LogP) is 4.58. The van der Waals surface area contributed by atoms with E-state index in [9.17, 15) is 18.4 Å². The molecule has 0 fully saturated rings. The second-order valence-corrected chi connectivity index (χ2v) is 4.24. The molecule has 1 unspecified atom stereocenters. The third kappa shape index (κ3) is 5.32. The molecule has 0 N–H and O–H groups in total. The van der Waals surface area contributed by atoms with Crippen LogP contribution in [0.2, 0.25) is 0 Å². The van der Waals surface area contributed by atoms with Crippen LogP contribution in [-0.4, -0.2) is 9.76 Å². The first-order valence-electron chi connectivity index (χ1n) is 4.46. The molecule has 0 radical (unpaired) electrons. The minimum absolute atomic E-state index is 0.0716. The second kappa shape index (κ2) is 8.35. The van der Waals surface area contributed by atoms with Gasteiger partial charge >= 0.3 is 0 Å². The molecule has 0 aromatic heterocycles. The summed E-state index contributed by atoms with van der Waals surface area (Å²) in [7, 11) is 0. The van der Waals surface area contributed by atoms with Gasteiger partial charge in [-0.3, -0.25) is 10.1 Å². The molecule has 0 saturated heterocycles. The van der Waals surface area contributed by atoms with E-state index in [0.717, 1.165) is 0 Å². The molecule has 0 spiro atoms. The Morgan fingerprint density at radius 2 is 1.81 bits per heavy atom. The van der Waals surface area contributed by atoms with Crippen LogP contribution in [0.3, 0.4) is 0 Å². The number of hydrogen-bond acceptors (Lipinski definition) is 4. The third-order valence-corrected chi connectivity index (χ3v) is 2.72. The number of thioether (sulfide) groups is 1. The highest BCUT2D eigenvalue weighted by Crippen LogP contribution is 2.32. The van der Waals surface area contributed by atoms with Crippen molar-refractivity contribution >= 4 is 29.6 Å². The molecule has 0 aliphatic carbocycles. The summed E-state index contributed by atoms with van der Waals surface area (Å²) in [5.41, 5.74) is -0.0716. The predicted molar refractivity (Wildman–Crippen MR) is 63.9 cm³/mol. The van der Waals surface area contributed by atoms with E-state index >= 15 is 0 Å². The summed E-state index contributed by atoms with van der Waals surface area (Å²) < 4.78 is 24.2. The van der Waals surface area contributed by atoms with Gasteiger partial charge in [0.1, 0.15) is 0 Å². The number of nitro benzene ring substituents is 1. The lowest BCUT2D eigenvalue weighted by Gasteiger charge is -2.01. The van der Waals surface area contributed by atoms with Crippen molar-refractivity contribution in [2.75, 3.05) is 0 Å². The first-order valence-corrected chi connectivity index (χ1v) is 6.12. The lowest BCUT2D eigenvalue weighted by atomic mass is 10.3. The SMILES string of the molecule is CC.O=[N+]([O-])c1ccc(SC(F)SF)cc1. The Balaban J connectivity index is 0.00000106. The highest BCUT2D eigenvalue weighted by Gasteiger charge is 2.10. The summed E-state index contributed by atoms with van der Waals surface area (Å²) in [6.07, 6.45) is 0. The van der Waals surface area contributed by atoms with Crippen LogP contribution >= 0.6 is 23.9 Å². The molecule has 0 heterocycles. The fourth-order valence-corrected chi connectivity index (χ4v) is 1.76. The van der Waals surface area contributed by atoms with Gasteiger partial charge < -0.3 is 0 Å². The van der Waals surface area contributed by atoms with Crippen molar-refractivity contribution in [3.05, 3.63) is 34.4 Å². The Kier molecular flexibility index (Phi) is 7.92. The molecule has 1 aromatic rings. The topological polar surface area (TPSA) is 43.1 Å². The number of nitro groups is 1. The largest absolute Gasteiger partial charge is 0.269 e. The summed E-state index contributed by atoms with van der Waals surface area (Å²) in [4.78, 5) is 8.46. The van der Waals surface area contributed by atoms with Gasteiger partial charge in [0.05, 0.1) is 17.1 Å². The zero-order valence-electron chi connectivity index (χ0n) is 8.72. The van der Waals surface area contributed by atoms with Crippen LogP contribution in [0.4, 0.5) is 14.0 Å². The van der Waals surface area contributed by atoms with Gasteiger partial charge in [0.15, 0.2) is 0 Å². The lowest BCUT2D eigenvalue weighted by Crippen LogP contribution is -1.87. The second-order valence-electron chi connectivity index (χ2n) is 2.23. The molecule has 0 bridgehead atoms. The summed E-state index contributed by atoms with van der Waals surface area (Å²) in [6, 6.07) is 5.26. The maximum Gasteiger partial charge on any atom is 0.269 e. The Morgan fingerprint density at radius 3 is 2.19 bits per heavy atom. The van der Waals surface area contributed by atoms with E-state index in [1.165, 1.54) is 24.3 Å². The van der Waals surface area contributed by atoms with Crippen molar-refractivity contribution in [3.63, 3.8) is 0 Å². The maximum absolute atomic E-state index is 12.5. The van der Waals surface area contributed by atoms with E-state index in [0.29, 0.717) is 16.7 Å². The summed E-state index contributed by atoms with van der Waals surface area (Å²) in [6.45, 7) is 4.00. The van der Waals surface area contributed by atoms with Crippen molar-refractivity contribution in [1.82, 2.24) is 0 Å². The van der Waals surface area contributed by atoms with Gasteiger partial charge in [0.25, 0.3) is 5.69 Å². The number of alkyl halides is 1. The van der Waals surface area contributed by atoms with Gasteiger partial charge in [0.2, 0.25) is 4.84 Å². The van der Waals surface area contributed by atoms with Crippen LogP contribution in [0.25, 0.3) is 0 Å². The zero-order chi connectivity index (χ0) is 12.6. The molecule has 0 aliphatic heterocycles. The number of hydrogen-bond donors (Lipinski definition) is 0. The summed E-state index contributed by atoms with van der Waals surface area (Å²) in [5.74, 6) is 0. The summed E-state index contributed by atoms with van der Waals surface area (Å²) >= 11 is 0.255. The van der Waals surface area contributed by atoms with E-state index in [1.54, 1.807) is 0 Å². The molecular formula is C9H11F2NO2S2. The van der Waals surface area contributed by atoms with Crippen LogP contribution in [0.15, 0.2) is 29.2 Å². The lowest BCUT2D eigenvalue weighted by molar-refractivity contribution is -0.384. The van der Waals surface area contributed by atoms with Crippen molar-refractivity contribution in [1.29, 1.82) is 0 Å². The Bertz CT molecular complexity index is 322. The normalized spacial score (nSPS) is 11.2. The molecular weight excluding hydrogens is 256 g/mol. The minimum Gasteiger partial charge on any atom is -0.258 e. The van der Waals surface area contributed by atoms with Gasteiger partial charge in [-0.25, -0.2) is 4.39 Å². The van der Waals surface area contributed by atoms with Gasteiger partial charge in [-0.05, 0) is 12.1 Å². The molecule has 90 valence electrons. The number of halogens is 2. The standard InChI is InChI=1S/C7H5F2NO2S2.C2H6/c8-7(14-9)13-6-3-1-5(2-4-6)10(11)12;1-2/h1-4,7H;1-2H3. The quantitative estimate of drug-likeness (QED) is 0.346. The Hall–Kier alpha value is -0.820. The smallest absolute Gasteiger partial charge is 0.258 e. The van der Waals surface area contributed by atoms with Gasteiger partial charge in [-0.1, -0.05) is 25.6 Å². The number of nitrogens with zero attached hydrogens (tertiary/aromatic N) is 1. The van der Waals surface area contributed by atoms with E-state index in [-0.39, 0.29) is 5.69 Å². The minimum atomic E-state index is -1.70. The molecule has 1 aromatic carbocycles. The maximum atomic E-state index is 12.5. The van der Waals surface area contributed by atoms with E-state index < -0.39 is 21.9 Å². The number of rotatable bonds is 4. The van der Waals surface area contributed by atoms with Crippen LogP contribution in [0.1, 0.15) is 13.8 Å². The molecule has 0 aliphatic rings. The van der Waals surface area contributed by atoms with Gasteiger partial charge in [-0.2, -0.15) is 3.89 Å². The van der Waals surface area contributed by atoms with Crippen LogP contribution in [-0.2, 0) is 0 Å². The highest BCUT2D eigenvalue weighted by molar-refractivity contribution is 8.14. The fraction of sp³-hybridized carbons (Fsp3) is 0.333. The van der Waals surface area contributed by atoms with E-state index in [4.69, 9.17) is 0 Å². The molecule has 1 atom stereocenters. The average molecular weight is 267 g/mol. The van der Waals surface area contributed by atoms with Crippen molar-refractivity contribution in [2.45, 2.75) is 23.6 Å². The number of benzene rings is 1. The third-order valence-electron chi connectivity index (χ3n) is 1.35. The monoisotopic (exact) mass is 267 g/mol. The van der Waals surface area contributed by atoms with Crippen LogP contribution < -0.4 is 0 Å². The van der Waals surface area contributed by atoms with Gasteiger partial charge in [-0.15, -0.1) is 0 Å². The van der Waals surface area contributed by atoms with Gasteiger partial charge in [0, 0.05) is 17.0 Å². The van der Waals surface area contributed by atoms with Crippen molar-refractivity contribution < 1.29 is 13.2 Å². The Morgan fingerprint density at radius 1 is 1.31 bits per heavy atom. The zero-order valence-corrected chi connectivity index (χ0v) is 10.4. The average Bonchev–Trinajstić information content (AvgIpc) is 2.32. The Labute approximate surface area is 101 Å². The number of non-ortho nitro benzene ring substituents is 1. The first kappa shape index (κ1) is 15.2. The van der Waals surface area contributed by atoms with Crippen LogP contribution in [0.5, 0.6) is 0 Å². The first-order chi connectivity index (χ1) is 7.63. The van der Waals surface area contributed by atoms with E-state index in [1.807, 2.05) is 13.8 Å². The molecule has 1 rings (SSSR count). The van der Waals surface area contributed by atoms with Crippen molar-refractivity contribution in [3.8, 4) is 0 Å². The highest BCUT2D eigenvalue weighted by atomic mass is 32.2. The van der Waals surface area contributed by atoms with E-state index in [2.05, 4.69) is 0 Å².